The van der Waals surface area contributed by atoms with E-state index in [0.717, 1.165) is 12.1 Å². The fraction of sp³-hybridized carbons (Fsp3) is 0.333. The number of hydrogen-bond donors (Lipinski definition) is 2. The maximum absolute atomic E-state index is 13.1. The van der Waals surface area contributed by atoms with Crippen LogP contribution < -0.4 is 5.32 Å². The number of hydrogen-bond acceptors (Lipinski definition) is 2. The zero-order valence-corrected chi connectivity index (χ0v) is 10.9. The zero-order valence-electron chi connectivity index (χ0n) is 10.9. The van der Waals surface area contributed by atoms with Crippen molar-refractivity contribution in [2.24, 2.45) is 23.7 Å². The highest BCUT2D eigenvalue weighted by Gasteiger charge is 2.51. The van der Waals surface area contributed by atoms with E-state index >= 15 is 0 Å². The van der Waals surface area contributed by atoms with Gasteiger partial charge in [-0.3, -0.25) is 9.59 Å². The van der Waals surface area contributed by atoms with E-state index < -0.39 is 35.3 Å². The number of anilines is 1. The van der Waals surface area contributed by atoms with Crippen LogP contribution in [0.5, 0.6) is 0 Å². The Kier molecular flexibility index (Phi) is 3.23. The molecule has 2 aliphatic carbocycles. The number of carboxylic acid groups (broad SMARTS) is 1. The molecule has 0 radical (unpaired) electrons. The van der Waals surface area contributed by atoms with Crippen LogP contribution in [0.25, 0.3) is 0 Å². The molecule has 0 unspecified atom stereocenters. The fourth-order valence-electron chi connectivity index (χ4n) is 3.32. The molecule has 0 spiro atoms. The molecule has 1 saturated carbocycles. The molecule has 6 heteroatoms. The summed E-state index contributed by atoms with van der Waals surface area (Å²) < 4.78 is 26.0. The van der Waals surface area contributed by atoms with Crippen LogP contribution in [0.3, 0.4) is 0 Å². The van der Waals surface area contributed by atoms with Gasteiger partial charge in [-0.05, 0) is 30.4 Å². The molecule has 2 N–H and O–H groups in total. The van der Waals surface area contributed by atoms with Crippen LogP contribution >= 0.6 is 0 Å². The van der Waals surface area contributed by atoms with E-state index in [9.17, 15) is 23.5 Å². The Hall–Kier alpha value is -2.24. The van der Waals surface area contributed by atoms with Crippen LogP contribution in [0.4, 0.5) is 14.5 Å². The predicted molar refractivity (Wildman–Crippen MR) is 70.3 cm³/mol. The summed E-state index contributed by atoms with van der Waals surface area (Å²) in [4.78, 5) is 23.6. The van der Waals surface area contributed by atoms with Crippen molar-refractivity contribution in [1.29, 1.82) is 0 Å². The Morgan fingerprint density at radius 1 is 1.10 bits per heavy atom. The first-order chi connectivity index (χ1) is 9.97. The fourth-order valence-corrected chi connectivity index (χ4v) is 3.32. The highest BCUT2D eigenvalue weighted by molar-refractivity contribution is 5.96. The van der Waals surface area contributed by atoms with Crippen LogP contribution in [0.15, 0.2) is 30.4 Å². The van der Waals surface area contributed by atoms with Crippen LogP contribution in [0.2, 0.25) is 0 Å². The summed E-state index contributed by atoms with van der Waals surface area (Å²) in [6, 6.07) is 3.04. The number of halogens is 2. The molecule has 0 heterocycles. The summed E-state index contributed by atoms with van der Waals surface area (Å²) >= 11 is 0. The second-order valence-electron chi connectivity index (χ2n) is 5.46. The first-order valence-electron chi connectivity index (χ1n) is 6.64. The molecule has 110 valence electrons. The number of benzene rings is 1. The van der Waals surface area contributed by atoms with Gasteiger partial charge in [-0.2, -0.15) is 0 Å². The molecule has 3 rings (SSSR count). The molecule has 0 saturated heterocycles. The van der Waals surface area contributed by atoms with Gasteiger partial charge in [0.1, 0.15) is 0 Å². The summed E-state index contributed by atoms with van der Waals surface area (Å²) in [5, 5.41) is 11.8. The van der Waals surface area contributed by atoms with E-state index in [4.69, 9.17) is 0 Å². The minimum Gasteiger partial charge on any atom is -0.481 e. The highest BCUT2D eigenvalue weighted by Crippen LogP contribution is 2.48. The third-order valence-corrected chi connectivity index (χ3v) is 4.23. The van der Waals surface area contributed by atoms with E-state index in [-0.39, 0.29) is 17.5 Å². The van der Waals surface area contributed by atoms with Crippen molar-refractivity contribution in [2.45, 2.75) is 6.42 Å². The molecule has 1 aromatic carbocycles. The molecule has 0 aliphatic heterocycles. The Morgan fingerprint density at radius 3 is 2.38 bits per heavy atom. The van der Waals surface area contributed by atoms with Crippen LogP contribution in [0.1, 0.15) is 6.42 Å². The predicted octanol–water partition coefficient (Wildman–Crippen LogP) is 2.43. The number of nitrogens with one attached hydrogen (secondary N) is 1. The molecule has 4 atom stereocenters. The summed E-state index contributed by atoms with van der Waals surface area (Å²) in [7, 11) is 0. The lowest BCUT2D eigenvalue weighted by Crippen LogP contribution is -2.36. The van der Waals surface area contributed by atoms with Gasteiger partial charge in [0.05, 0.1) is 11.8 Å². The second kappa shape index (κ2) is 4.95. The van der Waals surface area contributed by atoms with Crippen molar-refractivity contribution < 1.29 is 23.5 Å². The smallest absolute Gasteiger partial charge is 0.307 e. The van der Waals surface area contributed by atoms with Crippen molar-refractivity contribution in [1.82, 2.24) is 0 Å². The average molecular weight is 293 g/mol. The molecule has 2 bridgehead atoms. The van der Waals surface area contributed by atoms with Crippen LogP contribution in [-0.2, 0) is 9.59 Å². The van der Waals surface area contributed by atoms with E-state index in [1.807, 2.05) is 12.2 Å². The standard InChI is InChI=1S/C15H13F2NO3/c16-10-4-3-9(6-11(10)17)18-14(19)12-7-1-2-8(5-7)13(12)15(20)21/h1-4,6-8,12-13H,5H2,(H,18,19)(H,20,21)/t7-,8-,12+,13-/m0/s1. The van der Waals surface area contributed by atoms with E-state index in [1.165, 1.54) is 6.07 Å². The van der Waals surface area contributed by atoms with Gasteiger partial charge in [-0.1, -0.05) is 12.2 Å². The lowest BCUT2D eigenvalue weighted by molar-refractivity contribution is -0.146. The van der Waals surface area contributed by atoms with E-state index in [2.05, 4.69) is 5.32 Å². The van der Waals surface area contributed by atoms with Gasteiger partial charge < -0.3 is 10.4 Å². The Bertz CT molecular complexity index is 644. The number of carbonyl (C=O) groups excluding carboxylic acids is 1. The third kappa shape index (κ3) is 2.30. The van der Waals surface area contributed by atoms with Gasteiger partial charge >= 0.3 is 5.97 Å². The van der Waals surface area contributed by atoms with Gasteiger partial charge in [0, 0.05) is 11.8 Å². The quantitative estimate of drug-likeness (QED) is 0.841. The van der Waals surface area contributed by atoms with Gasteiger partial charge in [0.25, 0.3) is 0 Å². The Morgan fingerprint density at radius 2 is 1.76 bits per heavy atom. The number of aliphatic carboxylic acids is 1. The minimum absolute atomic E-state index is 0.110. The minimum atomic E-state index is -1.06. The van der Waals surface area contributed by atoms with E-state index in [1.54, 1.807) is 0 Å². The lowest BCUT2D eigenvalue weighted by atomic mass is 9.82. The van der Waals surface area contributed by atoms with Crippen LogP contribution in [-0.4, -0.2) is 17.0 Å². The molecule has 21 heavy (non-hydrogen) atoms. The SMILES string of the molecule is O=C(O)[C@@H]1[C@H](C(=O)Nc2ccc(F)c(F)c2)[C@H]2C=C[C@H]1C2. The molecule has 1 amide bonds. The van der Waals surface area contributed by atoms with Gasteiger partial charge in [0.2, 0.25) is 5.91 Å². The molecule has 1 fully saturated rings. The van der Waals surface area contributed by atoms with Crippen molar-refractivity contribution in [3.8, 4) is 0 Å². The van der Waals surface area contributed by atoms with Crippen molar-refractivity contribution in [2.75, 3.05) is 5.32 Å². The first kappa shape index (κ1) is 13.7. The molecular weight excluding hydrogens is 280 g/mol. The zero-order chi connectivity index (χ0) is 15.1. The maximum atomic E-state index is 13.1. The monoisotopic (exact) mass is 293 g/mol. The molecule has 1 aromatic rings. The number of fused-ring (bicyclic) bond motifs is 2. The van der Waals surface area contributed by atoms with Crippen molar-refractivity contribution >= 4 is 17.6 Å². The van der Waals surface area contributed by atoms with E-state index in [0.29, 0.717) is 6.42 Å². The molecule has 0 aromatic heterocycles. The summed E-state index contributed by atoms with van der Waals surface area (Å²) in [6.45, 7) is 0. The topological polar surface area (TPSA) is 66.4 Å². The largest absolute Gasteiger partial charge is 0.481 e. The number of carbonyl (C=O) groups is 2. The molecule has 2 aliphatic rings. The number of rotatable bonds is 3. The van der Waals surface area contributed by atoms with Gasteiger partial charge in [-0.15, -0.1) is 0 Å². The Labute approximate surface area is 119 Å². The normalized spacial score (nSPS) is 29.6. The average Bonchev–Trinajstić information content (AvgIpc) is 3.03. The van der Waals surface area contributed by atoms with Gasteiger partial charge in [0.15, 0.2) is 11.6 Å². The van der Waals surface area contributed by atoms with Gasteiger partial charge in [-0.25, -0.2) is 8.78 Å². The lowest BCUT2D eigenvalue weighted by Gasteiger charge is -2.23. The maximum Gasteiger partial charge on any atom is 0.307 e. The van der Waals surface area contributed by atoms with Crippen LogP contribution in [0, 0.1) is 35.3 Å². The summed E-state index contributed by atoms with van der Waals surface area (Å²) in [5.74, 6) is -5.21. The molecule has 4 nitrogen and oxygen atoms in total. The molecular formula is C15H13F2NO3. The number of amides is 1. The number of allylic oxidation sites excluding steroid dienone is 2. The second-order valence-corrected chi connectivity index (χ2v) is 5.46. The summed E-state index contributed by atoms with van der Waals surface area (Å²) in [6.07, 6.45) is 4.34. The van der Waals surface area contributed by atoms with Crippen molar-refractivity contribution in [3.63, 3.8) is 0 Å². The number of carboxylic acids is 1. The highest BCUT2D eigenvalue weighted by atomic mass is 19.2. The summed E-state index contributed by atoms with van der Waals surface area (Å²) in [5.41, 5.74) is 0.120. The first-order valence-corrected chi connectivity index (χ1v) is 6.64. The third-order valence-electron chi connectivity index (χ3n) is 4.23. The van der Waals surface area contributed by atoms with Crippen molar-refractivity contribution in [3.05, 3.63) is 42.0 Å². The Balaban J connectivity index is 1.80.